The molecule has 1 amide bonds. The molecule has 0 spiro atoms. The van der Waals surface area contributed by atoms with Gasteiger partial charge in [0.05, 0.1) is 0 Å². The van der Waals surface area contributed by atoms with E-state index in [0.717, 1.165) is 22.4 Å². The van der Waals surface area contributed by atoms with Gasteiger partial charge in [-0.1, -0.05) is 36.4 Å². The third kappa shape index (κ3) is 4.22. The van der Waals surface area contributed by atoms with E-state index < -0.39 is 0 Å². The Morgan fingerprint density at radius 1 is 1.13 bits per heavy atom. The lowest BCUT2D eigenvalue weighted by molar-refractivity contribution is 0.0778. The molecule has 0 atom stereocenters. The number of anilines is 1. The molecule has 0 bridgehead atoms. The number of carbonyl (C=O) groups excluding carboxylic acids is 1. The van der Waals surface area contributed by atoms with Crippen LogP contribution in [0.4, 0.5) is 5.69 Å². The second-order valence-electron chi connectivity index (χ2n) is 5.68. The second kappa shape index (κ2) is 7.63. The van der Waals surface area contributed by atoms with Crippen molar-refractivity contribution >= 4 is 11.6 Å². The third-order valence-electron chi connectivity index (χ3n) is 3.75. The normalized spacial score (nSPS) is 10.2. The van der Waals surface area contributed by atoms with Gasteiger partial charge in [-0.15, -0.1) is 0 Å². The van der Waals surface area contributed by atoms with Crippen LogP contribution < -0.4 is 5.32 Å². The summed E-state index contributed by atoms with van der Waals surface area (Å²) in [5.74, 6) is 0.0456. The molecule has 0 aliphatic heterocycles. The molecule has 3 nitrogen and oxygen atoms in total. The van der Waals surface area contributed by atoms with E-state index >= 15 is 0 Å². The maximum Gasteiger partial charge on any atom is 0.254 e. The second-order valence-corrected chi connectivity index (χ2v) is 5.68. The highest BCUT2D eigenvalue weighted by molar-refractivity contribution is 5.95. The van der Waals surface area contributed by atoms with Gasteiger partial charge in [0.1, 0.15) is 0 Å². The summed E-state index contributed by atoms with van der Waals surface area (Å²) in [4.78, 5) is 14.5. The van der Waals surface area contributed by atoms with Gasteiger partial charge < -0.3 is 10.2 Å². The van der Waals surface area contributed by atoms with Gasteiger partial charge in [-0.05, 0) is 49.2 Å². The molecule has 0 fully saturated rings. The number of rotatable bonds is 6. The minimum absolute atomic E-state index is 0.0456. The monoisotopic (exact) mass is 308 g/mol. The van der Waals surface area contributed by atoms with E-state index in [2.05, 4.69) is 24.0 Å². The van der Waals surface area contributed by atoms with Crippen molar-refractivity contribution in [3.8, 4) is 11.1 Å². The molecule has 2 aromatic carbocycles. The molecule has 2 rings (SSSR count). The first-order valence-corrected chi connectivity index (χ1v) is 7.87. The van der Waals surface area contributed by atoms with E-state index in [0.29, 0.717) is 18.7 Å². The number of carbonyl (C=O) groups is 1. The van der Waals surface area contributed by atoms with Gasteiger partial charge in [0.25, 0.3) is 5.91 Å². The maximum absolute atomic E-state index is 12.7. The Balaban J connectivity index is 2.27. The van der Waals surface area contributed by atoms with Gasteiger partial charge in [0.2, 0.25) is 0 Å². The standard InChI is InChI=1S/C20H24N2O/c1-5-22(14-15(2)3)20(23)18-8-6-7-17(13-18)16-9-11-19(21-4)12-10-16/h6-13,21H,2,5,14H2,1,3-4H3. The van der Waals surface area contributed by atoms with Gasteiger partial charge in [-0.3, -0.25) is 4.79 Å². The molecule has 120 valence electrons. The molecule has 0 aliphatic rings. The number of hydrogen-bond donors (Lipinski definition) is 1. The smallest absolute Gasteiger partial charge is 0.254 e. The summed E-state index contributed by atoms with van der Waals surface area (Å²) < 4.78 is 0. The number of benzene rings is 2. The van der Waals surface area contributed by atoms with Gasteiger partial charge in [-0.25, -0.2) is 0 Å². The highest BCUT2D eigenvalue weighted by Crippen LogP contribution is 2.23. The predicted octanol–water partition coefficient (Wildman–Crippen LogP) is 4.43. The van der Waals surface area contributed by atoms with Gasteiger partial charge in [0, 0.05) is 31.4 Å². The summed E-state index contributed by atoms with van der Waals surface area (Å²) in [6, 6.07) is 16.0. The summed E-state index contributed by atoms with van der Waals surface area (Å²) in [5.41, 5.74) is 4.91. The summed E-state index contributed by atoms with van der Waals surface area (Å²) in [6.45, 7) is 9.10. The topological polar surface area (TPSA) is 32.3 Å². The van der Waals surface area contributed by atoms with E-state index in [1.54, 1.807) is 0 Å². The summed E-state index contributed by atoms with van der Waals surface area (Å²) in [5, 5.41) is 3.11. The summed E-state index contributed by atoms with van der Waals surface area (Å²) in [7, 11) is 1.90. The van der Waals surface area contributed by atoms with Crippen LogP contribution >= 0.6 is 0 Å². The zero-order chi connectivity index (χ0) is 16.8. The summed E-state index contributed by atoms with van der Waals surface area (Å²) in [6.07, 6.45) is 0. The van der Waals surface area contributed by atoms with Crippen molar-refractivity contribution in [1.82, 2.24) is 4.90 Å². The lowest BCUT2D eigenvalue weighted by atomic mass is 10.0. The highest BCUT2D eigenvalue weighted by Gasteiger charge is 2.14. The first-order chi connectivity index (χ1) is 11.0. The fourth-order valence-electron chi connectivity index (χ4n) is 2.50. The largest absolute Gasteiger partial charge is 0.388 e. The van der Waals surface area contributed by atoms with Crippen LogP contribution in [0.5, 0.6) is 0 Å². The van der Waals surface area contributed by atoms with Gasteiger partial charge >= 0.3 is 0 Å². The van der Waals surface area contributed by atoms with Crippen LogP contribution in [0.1, 0.15) is 24.2 Å². The van der Waals surface area contributed by atoms with Crippen LogP contribution in [0.15, 0.2) is 60.7 Å². The van der Waals surface area contributed by atoms with E-state index in [1.807, 2.05) is 62.2 Å². The lowest BCUT2D eigenvalue weighted by Gasteiger charge is -2.21. The molecule has 0 radical (unpaired) electrons. The molecule has 23 heavy (non-hydrogen) atoms. The molecule has 0 aliphatic carbocycles. The van der Waals surface area contributed by atoms with Crippen molar-refractivity contribution in [2.45, 2.75) is 13.8 Å². The molecular weight excluding hydrogens is 284 g/mol. The Morgan fingerprint density at radius 2 is 1.83 bits per heavy atom. The predicted molar refractivity (Wildman–Crippen MR) is 97.8 cm³/mol. The minimum atomic E-state index is 0.0456. The quantitative estimate of drug-likeness (QED) is 0.800. The molecule has 0 aromatic heterocycles. The van der Waals surface area contributed by atoms with Crippen LogP contribution in [0, 0.1) is 0 Å². The molecule has 0 unspecified atom stereocenters. The molecule has 1 N–H and O–H groups in total. The van der Waals surface area contributed by atoms with Crippen molar-refractivity contribution in [1.29, 1.82) is 0 Å². The van der Waals surface area contributed by atoms with Crippen LogP contribution in [-0.4, -0.2) is 30.9 Å². The average molecular weight is 308 g/mol. The van der Waals surface area contributed by atoms with Crippen molar-refractivity contribution in [3.05, 3.63) is 66.2 Å². The van der Waals surface area contributed by atoms with E-state index in [4.69, 9.17) is 0 Å². The maximum atomic E-state index is 12.7. The van der Waals surface area contributed by atoms with Gasteiger partial charge in [-0.2, -0.15) is 0 Å². The highest BCUT2D eigenvalue weighted by atomic mass is 16.2. The Bertz CT molecular complexity index is 689. The fraction of sp³-hybridized carbons (Fsp3) is 0.250. The number of hydrogen-bond acceptors (Lipinski definition) is 2. The van der Waals surface area contributed by atoms with E-state index in [1.165, 1.54) is 0 Å². The fourth-order valence-corrected chi connectivity index (χ4v) is 2.50. The Labute approximate surface area is 138 Å². The summed E-state index contributed by atoms with van der Waals surface area (Å²) >= 11 is 0. The minimum Gasteiger partial charge on any atom is -0.388 e. The van der Waals surface area contributed by atoms with Crippen LogP contribution in [-0.2, 0) is 0 Å². The Morgan fingerprint density at radius 3 is 2.39 bits per heavy atom. The third-order valence-corrected chi connectivity index (χ3v) is 3.75. The number of likely N-dealkylation sites (N-methyl/N-ethyl adjacent to an activating group) is 1. The van der Waals surface area contributed by atoms with Crippen LogP contribution in [0.25, 0.3) is 11.1 Å². The molecule has 0 saturated carbocycles. The molecular formula is C20H24N2O. The van der Waals surface area contributed by atoms with E-state index in [9.17, 15) is 4.79 Å². The van der Waals surface area contributed by atoms with E-state index in [-0.39, 0.29) is 5.91 Å². The Hall–Kier alpha value is -2.55. The van der Waals surface area contributed by atoms with Crippen molar-refractivity contribution in [3.63, 3.8) is 0 Å². The van der Waals surface area contributed by atoms with Crippen molar-refractivity contribution < 1.29 is 4.79 Å². The zero-order valence-corrected chi connectivity index (χ0v) is 14.1. The SMILES string of the molecule is C=C(C)CN(CC)C(=O)c1cccc(-c2ccc(NC)cc2)c1. The van der Waals surface area contributed by atoms with Crippen LogP contribution in [0.2, 0.25) is 0 Å². The molecule has 0 heterocycles. The first-order valence-electron chi connectivity index (χ1n) is 7.87. The van der Waals surface area contributed by atoms with Crippen LogP contribution in [0.3, 0.4) is 0 Å². The first kappa shape index (κ1) is 16.8. The van der Waals surface area contributed by atoms with Crippen molar-refractivity contribution in [2.24, 2.45) is 0 Å². The number of nitrogens with one attached hydrogen (secondary N) is 1. The number of nitrogens with zero attached hydrogens (tertiary/aromatic N) is 1. The lowest BCUT2D eigenvalue weighted by Crippen LogP contribution is -2.32. The number of amides is 1. The molecule has 2 aromatic rings. The Kier molecular flexibility index (Phi) is 5.58. The zero-order valence-electron chi connectivity index (χ0n) is 14.1. The molecule has 0 saturated heterocycles. The molecule has 3 heteroatoms. The average Bonchev–Trinajstić information content (AvgIpc) is 2.59. The van der Waals surface area contributed by atoms with Gasteiger partial charge in [0.15, 0.2) is 0 Å². The van der Waals surface area contributed by atoms with Crippen molar-refractivity contribution in [2.75, 3.05) is 25.5 Å².